The lowest BCUT2D eigenvalue weighted by Crippen LogP contribution is -2.38. The molecule has 0 radical (unpaired) electrons. The Morgan fingerprint density at radius 1 is 0.963 bits per heavy atom. The fourth-order valence-corrected chi connectivity index (χ4v) is 4.72. The predicted molar refractivity (Wildman–Crippen MR) is 104 cm³/mol. The second kappa shape index (κ2) is 7.72. The van der Waals surface area contributed by atoms with Crippen molar-refractivity contribution in [2.24, 2.45) is 11.8 Å². The Morgan fingerprint density at radius 3 is 2.22 bits per heavy atom. The third-order valence-electron chi connectivity index (χ3n) is 5.86. The lowest BCUT2D eigenvalue weighted by atomic mass is 10.00. The Kier molecular flexibility index (Phi) is 5.32. The van der Waals surface area contributed by atoms with Gasteiger partial charge >= 0.3 is 0 Å². The van der Waals surface area contributed by atoms with Crippen molar-refractivity contribution in [3.63, 3.8) is 0 Å². The van der Waals surface area contributed by atoms with Gasteiger partial charge in [0, 0.05) is 50.2 Å². The molecule has 0 aliphatic carbocycles. The number of nitrogens with zero attached hydrogens (tertiary/aromatic N) is 3. The second-order valence-corrected chi connectivity index (χ2v) is 8.62. The van der Waals surface area contributed by atoms with Gasteiger partial charge in [0.25, 0.3) is 0 Å². The van der Waals surface area contributed by atoms with Crippen molar-refractivity contribution in [2.75, 3.05) is 32.7 Å². The number of imide groups is 1. The normalized spacial score (nSPS) is 25.7. The molecule has 3 amide bonds. The number of fused-ring (bicyclic) bond motifs is 1. The van der Waals surface area contributed by atoms with Gasteiger partial charge in [0.05, 0.1) is 11.8 Å². The monoisotopic (exact) mass is 433 g/mol. The average Bonchev–Trinajstić information content (AvgIpc) is 3.31. The van der Waals surface area contributed by atoms with Crippen molar-refractivity contribution in [1.82, 2.24) is 14.7 Å². The van der Waals surface area contributed by atoms with Crippen LogP contribution in [0.3, 0.4) is 0 Å². The molecule has 1 aromatic rings. The summed E-state index contributed by atoms with van der Waals surface area (Å²) in [5, 5.41) is 0. The predicted octanol–water partition coefficient (Wildman–Crippen LogP) is 1.88. The van der Waals surface area contributed by atoms with Gasteiger partial charge in [-0.05, 0) is 30.5 Å². The van der Waals surface area contributed by atoms with Crippen molar-refractivity contribution in [3.8, 4) is 0 Å². The number of rotatable bonds is 6. The zero-order valence-electron chi connectivity index (χ0n) is 15.3. The van der Waals surface area contributed by atoms with Crippen molar-refractivity contribution in [3.05, 3.63) is 34.3 Å². The van der Waals surface area contributed by atoms with Crippen LogP contribution in [0, 0.1) is 11.8 Å². The summed E-state index contributed by atoms with van der Waals surface area (Å²) < 4.78 is 1.04. The molecule has 0 saturated carbocycles. The Bertz CT molecular complexity index is 727. The molecule has 2 atom stereocenters. The smallest absolute Gasteiger partial charge is 0.234 e. The fourth-order valence-electron chi connectivity index (χ4n) is 4.45. The number of carbonyl (C=O) groups excluding carboxylic acids is 3. The van der Waals surface area contributed by atoms with E-state index >= 15 is 0 Å². The summed E-state index contributed by atoms with van der Waals surface area (Å²) in [5.41, 5.74) is 1.19. The first kappa shape index (κ1) is 18.6. The Labute approximate surface area is 167 Å². The molecule has 3 aliphatic heterocycles. The quantitative estimate of drug-likeness (QED) is 0.642. The van der Waals surface area contributed by atoms with E-state index in [0.29, 0.717) is 39.0 Å². The maximum absolute atomic E-state index is 12.7. The summed E-state index contributed by atoms with van der Waals surface area (Å²) in [6.07, 6.45) is 2.21. The van der Waals surface area contributed by atoms with Crippen molar-refractivity contribution < 1.29 is 14.4 Å². The minimum absolute atomic E-state index is 0.0314. The maximum atomic E-state index is 12.7. The van der Waals surface area contributed by atoms with Gasteiger partial charge in [-0.25, -0.2) is 0 Å². The summed E-state index contributed by atoms with van der Waals surface area (Å²) in [7, 11) is 0. The van der Waals surface area contributed by atoms with Crippen molar-refractivity contribution >= 4 is 33.7 Å². The van der Waals surface area contributed by atoms with E-state index in [4.69, 9.17) is 0 Å². The van der Waals surface area contributed by atoms with E-state index in [2.05, 4.69) is 33.0 Å². The van der Waals surface area contributed by atoms with Crippen LogP contribution in [0.1, 0.15) is 24.8 Å². The zero-order chi connectivity index (χ0) is 19.0. The van der Waals surface area contributed by atoms with Crippen LogP contribution in [0.25, 0.3) is 0 Å². The first-order valence-corrected chi connectivity index (χ1v) is 10.4. The van der Waals surface area contributed by atoms with Crippen LogP contribution in [0.5, 0.6) is 0 Å². The summed E-state index contributed by atoms with van der Waals surface area (Å²) in [4.78, 5) is 42.6. The summed E-state index contributed by atoms with van der Waals surface area (Å²) >= 11 is 3.44. The minimum Gasteiger partial charge on any atom is -0.343 e. The van der Waals surface area contributed by atoms with E-state index in [1.165, 1.54) is 10.5 Å². The molecule has 1 aromatic carbocycles. The summed E-state index contributed by atoms with van der Waals surface area (Å²) in [6, 6.07) is 8.15. The molecule has 144 valence electrons. The summed E-state index contributed by atoms with van der Waals surface area (Å²) in [5.74, 6) is -0.288. The van der Waals surface area contributed by atoms with Gasteiger partial charge in [0.15, 0.2) is 0 Å². The molecule has 4 rings (SSSR count). The van der Waals surface area contributed by atoms with Crippen LogP contribution in [0.4, 0.5) is 0 Å². The van der Waals surface area contributed by atoms with Crippen molar-refractivity contribution in [2.45, 2.75) is 25.8 Å². The van der Waals surface area contributed by atoms with Gasteiger partial charge in [0.1, 0.15) is 0 Å². The van der Waals surface area contributed by atoms with Crippen LogP contribution >= 0.6 is 15.9 Å². The number of hydrogen-bond acceptors (Lipinski definition) is 4. The van der Waals surface area contributed by atoms with Gasteiger partial charge in [-0.3, -0.25) is 24.2 Å². The van der Waals surface area contributed by atoms with E-state index in [9.17, 15) is 14.4 Å². The topological polar surface area (TPSA) is 60.9 Å². The molecule has 3 saturated heterocycles. The summed E-state index contributed by atoms with van der Waals surface area (Å²) in [6.45, 7) is 3.93. The molecule has 6 nitrogen and oxygen atoms in total. The van der Waals surface area contributed by atoms with Gasteiger partial charge in [-0.2, -0.15) is 0 Å². The van der Waals surface area contributed by atoms with Gasteiger partial charge in [-0.15, -0.1) is 0 Å². The molecular weight excluding hydrogens is 410 g/mol. The Hall–Kier alpha value is -1.73. The highest BCUT2D eigenvalue weighted by Gasteiger charge is 2.51. The van der Waals surface area contributed by atoms with Crippen LogP contribution in [-0.4, -0.2) is 65.1 Å². The van der Waals surface area contributed by atoms with Crippen LogP contribution < -0.4 is 0 Å². The molecule has 3 aliphatic rings. The second-order valence-electron chi connectivity index (χ2n) is 7.70. The standard InChI is InChI=1S/C20H24BrN3O3/c21-15-6-4-14(5-7-15)11-22-12-16-17(13-22)20(27)24(19(16)26)10-2-9-23-8-1-3-18(23)25/h4-7,16-17H,1-3,8-13H2. The Morgan fingerprint density at radius 2 is 1.63 bits per heavy atom. The highest BCUT2D eigenvalue weighted by molar-refractivity contribution is 9.10. The number of hydrogen-bond donors (Lipinski definition) is 0. The molecule has 2 unspecified atom stereocenters. The van der Waals surface area contributed by atoms with E-state index in [1.807, 2.05) is 17.0 Å². The first-order valence-electron chi connectivity index (χ1n) is 9.63. The molecule has 7 heteroatoms. The minimum atomic E-state index is -0.207. The van der Waals surface area contributed by atoms with E-state index < -0.39 is 0 Å². The van der Waals surface area contributed by atoms with Gasteiger partial charge < -0.3 is 4.90 Å². The van der Waals surface area contributed by atoms with Crippen LogP contribution in [-0.2, 0) is 20.9 Å². The lowest BCUT2D eigenvalue weighted by molar-refractivity contribution is -0.140. The molecule has 27 heavy (non-hydrogen) atoms. The van der Waals surface area contributed by atoms with Gasteiger partial charge in [-0.1, -0.05) is 28.1 Å². The molecule has 0 spiro atoms. The number of halogens is 1. The number of benzene rings is 1. The van der Waals surface area contributed by atoms with Gasteiger partial charge in [0.2, 0.25) is 17.7 Å². The molecule has 0 bridgehead atoms. The zero-order valence-corrected chi connectivity index (χ0v) is 16.9. The third-order valence-corrected chi connectivity index (χ3v) is 6.39. The number of likely N-dealkylation sites (tertiary alicyclic amines) is 3. The lowest BCUT2D eigenvalue weighted by Gasteiger charge is -2.22. The molecule has 3 heterocycles. The largest absolute Gasteiger partial charge is 0.343 e. The highest BCUT2D eigenvalue weighted by atomic mass is 79.9. The fraction of sp³-hybridized carbons (Fsp3) is 0.550. The highest BCUT2D eigenvalue weighted by Crippen LogP contribution is 2.34. The molecular formula is C20H24BrN3O3. The van der Waals surface area contributed by atoms with Crippen molar-refractivity contribution in [1.29, 1.82) is 0 Å². The Balaban J connectivity index is 1.30. The van der Waals surface area contributed by atoms with E-state index in [-0.39, 0.29) is 29.6 Å². The SMILES string of the molecule is O=C1CCCN1CCCN1C(=O)C2CN(Cc3ccc(Br)cc3)CC2C1=O. The first-order chi connectivity index (χ1) is 13.0. The average molecular weight is 434 g/mol. The number of amides is 3. The van der Waals surface area contributed by atoms with Crippen LogP contribution in [0.15, 0.2) is 28.7 Å². The molecule has 0 aromatic heterocycles. The third kappa shape index (κ3) is 3.80. The van der Waals surface area contributed by atoms with E-state index in [0.717, 1.165) is 24.0 Å². The molecule has 3 fully saturated rings. The van der Waals surface area contributed by atoms with E-state index in [1.54, 1.807) is 0 Å². The number of carbonyl (C=O) groups is 3. The van der Waals surface area contributed by atoms with Crippen LogP contribution in [0.2, 0.25) is 0 Å². The molecule has 0 N–H and O–H groups in total. The maximum Gasteiger partial charge on any atom is 0.234 e.